The summed E-state index contributed by atoms with van der Waals surface area (Å²) in [6, 6.07) is 7.03. The first kappa shape index (κ1) is 22.5. The maximum absolute atomic E-state index is 15.1. The van der Waals surface area contributed by atoms with E-state index < -0.39 is 11.6 Å². The monoisotopic (exact) mass is 464 g/mol. The average molecular weight is 465 g/mol. The molecule has 0 aliphatic carbocycles. The van der Waals surface area contributed by atoms with Crippen molar-refractivity contribution in [3.63, 3.8) is 0 Å². The number of hydrogen-bond donors (Lipinski definition) is 0. The molecule has 1 fully saturated rings. The molecular formula is C26H30F2N6. The van der Waals surface area contributed by atoms with E-state index in [0.29, 0.717) is 22.6 Å². The third-order valence-electron chi connectivity index (χ3n) is 7.06. The van der Waals surface area contributed by atoms with E-state index in [1.807, 2.05) is 25.4 Å². The minimum absolute atomic E-state index is 0.0880. The second-order valence-electron chi connectivity index (χ2n) is 9.16. The van der Waals surface area contributed by atoms with Crippen LogP contribution in [0.25, 0.3) is 27.8 Å². The standard InChI is InChI=1S/C26H30F2N6/c1-5-33-12-10-19(11-13-33)32(4)23-9-8-22-25(30-23)20(18-14-29-31(3)15-18)16-34(22)26-21(27)7-6-17(2)24(26)28/h6-9,14-16,19H,5,10-13H2,1-4H3. The Morgan fingerprint density at radius 2 is 1.85 bits per heavy atom. The van der Waals surface area contributed by atoms with Crippen LogP contribution in [0, 0.1) is 18.6 Å². The molecule has 0 saturated carbocycles. The molecular weight excluding hydrogens is 434 g/mol. The third kappa shape index (κ3) is 3.86. The highest BCUT2D eigenvalue weighted by Gasteiger charge is 2.25. The average Bonchev–Trinajstić information content (AvgIpc) is 3.44. The van der Waals surface area contributed by atoms with Gasteiger partial charge in [-0.1, -0.05) is 13.0 Å². The van der Waals surface area contributed by atoms with Crippen LogP contribution in [0.4, 0.5) is 14.6 Å². The lowest BCUT2D eigenvalue weighted by atomic mass is 10.0. The lowest BCUT2D eigenvalue weighted by Crippen LogP contribution is -2.43. The molecule has 178 valence electrons. The van der Waals surface area contributed by atoms with Crippen LogP contribution in [0.1, 0.15) is 25.3 Å². The fraction of sp³-hybridized carbons (Fsp3) is 0.385. The molecule has 1 aromatic carbocycles. The second-order valence-corrected chi connectivity index (χ2v) is 9.16. The molecule has 4 heterocycles. The molecule has 1 aliphatic rings. The molecule has 1 saturated heterocycles. The highest BCUT2D eigenvalue weighted by atomic mass is 19.1. The van der Waals surface area contributed by atoms with Crippen LogP contribution >= 0.6 is 0 Å². The van der Waals surface area contributed by atoms with Crippen molar-refractivity contribution in [1.29, 1.82) is 0 Å². The summed E-state index contributed by atoms with van der Waals surface area (Å²) in [5.41, 5.74) is 3.30. The molecule has 0 bridgehead atoms. The summed E-state index contributed by atoms with van der Waals surface area (Å²) in [5, 5.41) is 4.29. The Balaban J connectivity index is 1.63. The molecule has 0 N–H and O–H groups in total. The fourth-order valence-corrected chi connectivity index (χ4v) is 4.92. The van der Waals surface area contributed by atoms with Gasteiger partial charge in [0.1, 0.15) is 17.3 Å². The maximum Gasteiger partial charge on any atom is 0.153 e. The predicted octanol–water partition coefficient (Wildman–Crippen LogP) is 4.93. The maximum atomic E-state index is 15.1. The SMILES string of the molecule is CCN1CCC(N(C)c2ccc3c(n2)c(-c2cnn(C)c2)cn3-c2c(F)ccc(C)c2F)CC1. The number of aromatic nitrogens is 4. The molecule has 8 heteroatoms. The zero-order valence-corrected chi connectivity index (χ0v) is 20.1. The minimum atomic E-state index is -0.610. The number of hydrogen-bond acceptors (Lipinski definition) is 4. The van der Waals surface area contributed by atoms with Crippen molar-refractivity contribution >= 4 is 16.9 Å². The van der Waals surface area contributed by atoms with E-state index in [0.717, 1.165) is 49.4 Å². The van der Waals surface area contributed by atoms with Crippen molar-refractivity contribution < 1.29 is 8.78 Å². The Morgan fingerprint density at radius 3 is 2.53 bits per heavy atom. The number of anilines is 1. The number of halogens is 2. The predicted molar refractivity (Wildman–Crippen MR) is 131 cm³/mol. The number of piperidine rings is 1. The summed E-state index contributed by atoms with van der Waals surface area (Å²) in [4.78, 5) is 9.72. The van der Waals surface area contributed by atoms with Gasteiger partial charge in [0.05, 0.1) is 17.2 Å². The largest absolute Gasteiger partial charge is 0.357 e. The van der Waals surface area contributed by atoms with Gasteiger partial charge in [-0.25, -0.2) is 13.8 Å². The number of nitrogens with zero attached hydrogens (tertiary/aromatic N) is 6. The summed E-state index contributed by atoms with van der Waals surface area (Å²) in [6.45, 7) is 7.08. The summed E-state index contributed by atoms with van der Waals surface area (Å²) >= 11 is 0. The van der Waals surface area contributed by atoms with Gasteiger partial charge in [-0.15, -0.1) is 0 Å². The van der Waals surface area contributed by atoms with Gasteiger partial charge >= 0.3 is 0 Å². The zero-order valence-electron chi connectivity index (χ0n) is 20.1. The Labute approximate surface area is 198 Å². The van der Waals surface area contributed by atoms with Crippen molar-refractivity contribution in [2.45, 2.75) is 32.7 Å². The van der Waals surface area contributed by atoms with Crippen LogP contribution < -0.4 is 4.90 Å². The van der Waals surface area contributed by atoms with E-state index in [-0.39, 0.29) is 5.69 Å². The van der Waals surface area contributed by atoms with Crippen LogP contribution in [-0.4, -0.2) is 57.0 Å². The summed E-state index contributed by atoms with van der Waals surface area (Å²) in [5.74, 6) is -0.323. The number of pyridine rings is 1. The molecule has 1 aliphatic heterocycles. The van der Waals surface area contributed by atoms with Gasteiger partial charge in [0.25, 0.3) is 0 Å². The van der Waals surface area contributed by atoms with E-state index in [1.165, 1.54) is 12.1 Å². The van der Waals surface area contributed by atoms with Gasteiger partial charge in [-0.3, -0.25) is 4.68 Å². The van der Waals surface area contributed by atoms with Gasteiger partial charge in [-0.2, -0.15) is 5.10 Å². The van der Waals surface area contributed by atoms with Crippen molar-refractivity contribution in [3.8, 4) is 16.8 Å². The van der Waals surface area contributed by atoms with Gasteiger partial charge in [-0.05, 0) is 50.1 Å². The molecule has 34 heavy (non-hydrogen) atoms. The number of rotatable bonds is 5. The first-order valence-electron chi connectivity index (χ1n) is 11.8. The first-order chi connectivity index (χ1) is 16.4. The number of fused-ring (bicyclic) bond motifs is 1. The highest BCUT2D eigenvalue weighted by molar-refractivity contribution is 5.95. The fourth-order valence-electron chi connectivity index (χ4n) is 4.92. The minimum Gasteiger partial charge on any atom is -0.357 e. The summed E-state index contributed by atoms with van der Waals surface area (Å²) < 4.78 is 33.2. The molecule has 6 nitrogen and oxygen atoms in total. The van der Waals surface area contributed by atoms with Crippen LogP contribution in [0.2, 0.25) is 0 Å². The molecule has 0 unspecified atom stereocenters. The Morgan fingerprint density at radius 1 is 1.09 bits per heavy atom. The number of likely N-dealkylation sites (tertiary alicyclic amines) is 1. The van der Waals surface area contributed by atoms with Gasteiger partial charge < -0.3 is 14.4 Å². The van der Waals surface area contributed by atoms with Crippen LogP contribution in [0.3, 0.4) is 0 Å². The molecule has 0 amide bonds. The van der Waals surface area contributed by atoms with E-state index in [2.05, 4.69) is 28.9 Å². The second kappa shape index (κ2) is 8.83. The highest BCUT2D eigenvalue weighted by Crippen LogP contribution is 2.35. The Hall–Kier alpha value is -3.26. The van der Waals surface area contributed by atoms with Crippen molar-refractivity contribution in [1.82, 2.24) is 24.2 Å². The summed E-state index contributed by atoms with van der Waals surface area (Å²) in [7, 11) is 3.93. The van der Waals surface area contributed by atoms with Crippen LogP contribution in [-0.2, 0) is 7.05 Å². The van der Waals surface area contributed by atoms with Crippen molar-refractivity contribution in [3.05, 3.63) is 60.1 Å². The molecule has 0 spiro atoms. The molecule has 5 rings (SSSR count). The molecule has 0 radical (unpaired) electrons. The van der Waals surface area contributed by atoms with E-state index in [9.17, 15) is 4.39 Å². The van der Waals surface area contributed by atoms with E-state index in [1.54, 1.807) is 28.6 Å². The third-order valence-corrected chi connectivity index (χ3v) is 7.06. The molecule has 0 atom stereocenters. The van der Waals surface area contributed by atoms with E-state index in [4.69, 9.17) is 4.98 Å². The number of benzene rings is 1. The first-order valence-corrected chi connectivity index (χ1v) is 11.8. The smallest absolute Gasteiger partial charge is 0.153 e. The van der Waals surface area contributed by atoms with Crippen molar-refractivity contribution in [2.24, 2.45) is 7.05 Å². The lowest BCUT2D eigenvalue weighted by Gasteiger charge is -2.36. The quantitative estimate of drug-likeness (QED) is 0.420. The Bertz CT molecular complexity index is 1330. The number of aryl methyl sites for hydroxylation is 2. The normalized spacial score (nSPS) is 15.4. The van der Waals surface area contributed by atoms with E-state index >= 15 is 4.39 Å². The van der Waals surface area contributed by atoms with Crippen LogP contribution in [0.5, 0.6) is 0 Å². The molecule has 3 aromatic heterocycles. The summed E-state index contributed by atoms with van der Waals surface area (Å²) in [6.07, 6.45) is 7.57. The zero-order chi connectivity index (χ0) is 24.0. The lowest BCUT2D eigenvalue weighted by molar-refractivity contribution is 0.220. The van der Waals surface area contributed by atoms with Gasteiger partial charge in [0.15, 0.2) is 5.82 Å². The Kier molecular flexibility index (Phi) is 5.85. The van der Waals surface area contributed by atoms with Gasteiger partial charge in [0.2, 0.25) is 0 Å². The molecule has 4 aromatic rings. The van der Waals surface area contributed by atoms with Crippen molar-refractivity contribution in [2.75, 3.05) is 31.6 Å². The van der Waals surface area contributed by atoms with Gasteiger partial charge in [0, 0.05) is 56.7 Å². The van der Waals surface area contributed by atoms with Crippen LogP contribution in [0.15, 0.2) is 42.9 Å². The topological polar surface area (TPSA) is 42.1 Å².